The van der Waals surface area contributed by atoms with Crippen LogP contribution in [0.15, 0.2) is 22.7 Å². The third-order valence-electron chi connectivity index (χ3n) is 4.17. The second kappa shape index (κ2) is 7.75. The summed E-state index contributed by atoms with van der Waals surface area (Å²) < 4.78 is 1.21. The van der Waals surface area contributed by atoms with Gasteiger partial charge in [-0.1, -0.05) is 62.7 Å². The molecule has 0 aliphatic heterocycles. The molecule has 0 aromatic heterocycles. The molecule has 0 saturated heterocycles. The van der Waals surface area contributed by atoms with Crippen molar-refractivity contribution >= 4 is 15.9 Å². The summed E-state index contributed by atoms with van der Waals surface area (Å²) in [7, 11) is 2.20. The van der Waals surface area contributed by atoms with Crippen LogP contribution in [0, 0.1) is 5.41 Å². The third kappa shape index (κ3) is 6.09. The summed E-state index contributed by atoms with van der Waals surface area (Å²) in [5.41, 5.74) is 2.97. The Morgan fingerprint density at radius 3 is 2.29 bits per heavy atom. The highest BCUT2D eigenvalue weighted by Crippen LogP contribution is 2.26. The molecule has 0 heterocycles. The number of hydrogen-bond donors (Lipinski definition) is 1. The fourth-order valence-corrected chi connectivity index (χ4v) is 2.77. The Hall–Kier alpha value is -0.380. The zero-order valence-corrected chi connectivity index (χ0v) is 16.2. The molecule has 1 aromatic carbocycles. The first-order valence-electron chi connectivity index (χ1n) is 7.82. The average Bonchev–Trinajstić information content (AvgIpc) is 2.37. The maximum atomic E-state index is 3.73. The molecule has 21 heavy (non-hydrogen) atoms. The van der Waals surface area contributed by atoms with Crippen molar-refractivity contribution in [2.24, 2.45) is 5.41 Å². The third-order valence-corrected chi connectivity index (χ3v) is 4.90. The van der Waals surface area contributed by atoms with E-state index in [1.807, 2.05) is 0 Å². The Labute approximate surface area is 139 Å². The second-order valence-corrected chi connectivity index (χ2v) is 8.27. The van der Waals surface area contributed by atoms with Crippen LogP contribution in [0.5, 0.6) is 0 Å². The highest BCUT2D eigenvalue weighted by atomic mass is 79.9. The minimum atomic E-state index is 0.294. The summed E-state index contributed by atoms with van der Waals surface area (Å²) in [4.78, 5) is 2.42. The van der Waals surface area contributed by atoms with Crippen LogP contribution in [0.3, 0.4) is 0 Å². The molecule has 0 saturated carbocycles. The fourth-order valence-electron chi connectivity index (χ4n) is 2.22. The Bertz CT molecular complexity index is 449. The van der Waals surface area contributed by atoms with Gasteiger partial charge in [-0.05, 0) is 36.6 Å². The number of nitrogens with zero attached hydrogens (tertiary/aromatic N) is 1. The van der Waals surface area contributed by atoms with Crippen LogP contribution < -0.4 is 5.32 Å². The maximum absolute atomic E-state index is 3.73. The van der Waals surface area contributed by atoms with E-state index >= 15 is 0 Å². The van der Waals surface area contributed by atoms with Gasteiger partial charge in [0.15, 0.2) is 0 Å². The number of nitrogens with one attached hydrogen (secondary N) is 1. The predicted molar refractivity (Wildman–Crippen MR) is 96.5 cm³/mol. The Balaban J connectivity index is 2.72. The smallest absolute Gasteiger partial charge is 0.0244 e. The molecule has 1 N–H and O–H groups in total. The minimum absolute atomic E-state index is 0.294. The number of hydrogen-bond acceptors (Lipinski definition) is 2. The first-order chi connectivity index (χ1) is 9.61. The van der Waals surface area contributed by atoms with E-state index < -0.39 is 0 Å². The van der Waals surface area contributed by atoms with Gasteiger partial charge in [0.25, 0.3) is 0 Å². The normalized spacial score (nSPS) is 14.0. The van der Waals surface area contributed by atoms with Crippen molar-refractivity contribution in [3.8, 4) is 0 Å². The molecule has 0 aliphatic rings. The Kier molecular flexibility index (Phi) is 6.89. The van der Waals surface area contributed by atoms with E-state index in [0.717, 1.165) is 13.1 Å². The molecule has 0 aliphatic carbocycles. The topological polar surface area (TPSA) is 15.3 Å². The van der Waals surface area contributed by atoms with E-state index in [4.69, 9.17) is 0 Å². The predicted octanol–water partition coefficient (Wildman–Crippen LogP) is 4.81. The molecule has 1 rings (SSSR count). The molecule has 3 heteroatoms. The summed E-state index contributed by atoms with van der Waals surface area (Å²) >= 11 is 3.73. The molecule has 0 radical (unpaired) electrons. The monoisotopic (exact) mass is 354 g/mol. The number of benzene rings is 1. The molecule has 1 unspecified atom stereocenters. The van der Waals surface area contributed by atoms with Crippen LogP contribution in [-0.4, -0.2) is 24.0 Å². The Morgan fingerprint density at radius 2 is 1.81 bits per heavy atom. The van der Waals surface area contributed by atoms with Gasteiger partial charge in [0.1, 0.15) is 0 Å². The van der Waals surface area contributed by atoms with Crippen molar-refractivity contribution in [3.63, 3.8) is 0 Å². The lowest BCUT2D eigenvalue weighted by molar-refractivity contribution is 0.134. The van der Waals surface area contributed by atoms with E-state index in [-0.39, 0.29) is 0 Å². The first-order valence-corrected chi connectivity index (χ1v) is 8.61. The summed E-state index contributed by atoms with van der Waals surface area (Å²) in [5, 5.41) is 3.46. The van der Waals surface area contributed by atoms with E-state index in [1.54, 1.807) is 0 Å². The number of rotatable bonds is 6. The van der Waals surface area contributed by atoms with Crippen molar-refractivity contribution in [1.29, 1.82) is 0 Å². The quantitative estimate of drug-likeness (QED) is 0.788. The molecule has 0 spiro atoms. The van der Waals surface area contributed by atoms with Crippen molar-refractivity contribution in [2.75, 3.05) is 7.05 Å². The fraction of sp³-hybridized carbons (Fsp3) is 0.667. The van der Waals surface area contributed by atoms with Gasteiger partial charge in [-0.15, -0.1) is 0 Å². The minimum Gasteiger partial charge on any atom is -0.310 e. The zero-order valence-electron chi connectivity index (χ0n) is 14.6. The molecular weight excluding hydrogens is 324 g/mol. The SMILES string of the molecule is CC(C)NCc1ccc(CN(C)C(C)C(C)(C)C)c(Br)c1. The van der Waals surface area contributed by atoms with Gasteiger partial charge in [0, 0.05) is 29.6 Å². The van der Waals surface area contributed by atoms with Crippen molar-refractivity contribution in [3.05, 3.63) is 33.8 Å². The highest BCUT2D eigenvalue weighted by Gasteiger charge is 2.24. The van der Waals surface area contributed by atoms with E-state index in [0.29, 0.717) is 17.5 Å². The first kappa shape index (κ1) is 18.7. The van der Waals surface area contributed by atoms with Crippen LogP contribution in [0.2, 0.25) is 0 Å². The summed E-state index contributed by atoms with van der Waals surface area (Å²) in [6, 6.07) is 7.76. The molecule has 0 fully saturated rings. The lowest BCUT2D eigenvalue weighted by atomic mass is 9.87. The van der Waals surface area contributed by atoms with Gasteiger partial charge in [0.05, 0.1) is 0 Å². The van der Waals surface area contributed by atoms with E-state index in [2.05, 4.69) is 92.9 Å². The highest BCUT2D eigenvalue weighted by molar-refractivity contribution is 9.10. The summed E-state index contributed by atoms with van der Waals surface area (Å²) in [6.07, 6.45) is 0. The molecule has 1 aromatic rings. The van der Waals surface area contributed by atoms with E-state index in [1.165, 1.54) is 15.6 Å². The van der Waals surface area contributed by atoms with Crippen LogP contribution in [0.25, 0.3) is 0 Å². The molecule has 0 amide bonds. The molecular formula is C18H31BrN2. The van der Waals surface area contributed by atoms with Gasteiger partial charge < -0.3 is 5.32 Å². The van der Waals surface area contributed by atoms with E-state index in [9.17, 15) is 0 Å². The Morgan fingerprint density at radius 1 is 1.19 bits per heavy atom. The average molecular weight is 355 g/mol. The summed E-state index contributed by atoms with van der Waals surface area (Å²) in [5.74, 6) is 0. The van der Waals surface area contributed by atoms with Crippen LogP contribution in [0.1, 0.15) is 52.7 Å². The lowest BCUT2D eigenvalue weighted by Gasteiger charge is -2.35. The molecule has 1 atom stereocenters. The van der Waals surface area contributed by atoms with Gasteiger partial charge in [-0.2, -0.15) is 0 Å². The van der Waals surface area contributed by atoms with Gasteiger partial charge in [-0.3, -0.25) is 4.90 Å². The van der Waals surface area contributed by atoms with Gasteiger partial charge in [0.2, 0.25) is 0 Å². The zero-order chi connectivity index (χ0) is 16.2. The lowest BCUT2D eigenvalue weighted by Crippen LogP contribution is -2.38. The standard InChI is InChI=1S/C18H31BrN2/c1-13(2)20-11-15-8-9-16(17(19)10-15)12-21(7)14(3)18(4,5)6/h8-10,13-14,20H,11-12H2,1-7H3. The molecule has 120 valence electrons. The molecule has 0 bridgehead atoms. The van der Waals surface area contributed by atoms with Crippen molar-refractivity contribution in [1.82, 2.24) is 10.2 Å². The van der Waals surface area contributed by atoms with Crippen molar-refractivity contribution in [2.45, 2.75) is 66.7 Å². The van der Waals surface area contributed by atoms with Gasteiger partial charge >= 0.3 is 0 Å². The largest absolute Gasteiger partial charge is 0.310 e. The van der Waals surface area contributed by atoms with Crippen LogP contribution in [-0.2, 0) is 13.1 Å². The second-order valence-electron chi connectivity index (χ2n) is 7.42. The van der Waals surface area contributed by atoms with Gasteiger partial charge in [-0.25, -0.2) is 0 Å². The summed E-state index contributed by atoms with van der Waals surface area (Å²) in [6.45, 7) is 15.4. The van der Waals surface area contributed by atoms with Crippen molar-refractivity contribution < 1.29 is 0 Å². The number of halogens is 1. The maximum Gasteiger partial charge on any atom is 0.0244 e. The van der Waals surface area contributed by atoms with Crippen LogP contribution >= 0.6 is 15.9 Å². The molecule has 2 nitrogen and oxygen atoms in total. The van der Waals surface area contributed by atoms with Crippen LogP contribution in [0.4, 0.5) is 0 Å².